The summed E-state index contributed by atoms with van der Waals surface area (Å²) in [7, 11) is 0. The SMILES string of the molecule is CC(NC(=O)C(Cc1c[nH]c2ccccc12)NC(=O)C(N)Cc1cnc[nH]1)C(=O)N1CCCC1C(=O)O. The minimum atomic E-state index is -1.07. The van der Waals surface area contributed by atoms with E-state index < -0.39 is 47.9 Å². The lowest BCUT2D eigenvalue weighted by molar-refractivity contribution is -0.149. The summed E-state index contributed by atoms with van der Waals surface area (Å²) in [5.74, 6) is -2.65. The fraction of sp³-hybridized carbons (Fsp3) is 0.400. The van der Waals surface area contributed by atoms with Crippen LogP contribution >= 0.6 is 0 Å². The van der Waals surface area contributed by atoms with Gasteiger partial charge < -0.3 is 36.3 Å². The Labute approximate surface area is 213 Å². The molecule has 0 bridgehead atoms. The van der Waals surface area contributed by atoms with E-state index in [1.165, 1.54) is 18.2 Å². The zero-order chi connectivity index (χ0) is 26.5. The Morgan fingerprint density at radius 3 is 2.68 bits per heavy atom. The van der Waals surface area contributed by atoms with Crippen molar-refractivity contribution in [2.45, 2.75) is 56.8 Å². The average Bonchev–Trinajstić information content (AvgIpc) is 3.64. The number of carbonyl (C=O) groups is 4. The van der Waals surface area contributed by atoms with Gasteiger partial charge in [0.25, 0.3) is 0 Å². The molecule has 1 aromatic carbocycles. The molecule has 1 aliphatic rings. The maximum absolute atomic E-state index is 13.3. The van der Waals surface area contributed by atoms with Crippen LogP contribution in [0.5, 0.6) is 0 Å². The van der Waals surface area contributed by atoms with Gasteiger partial charge in [0.2, 0.25) is 17.7 Å². The minimum absolute atomic E-state index is 0.154. The number of hydrogen-bond donors (Lipinski definition) is 6. The second kappa shape index (κ2) is 11.2. The van der Waals surface area contributed by atoms with Gasteiger partial charge >= 0.3 is 5.97 Å². The van der Waals surface area contributed by atoms with E-state index >= 15 is 0 Å². The maximum Gasteiger partial charge on any atom is 0.326 e. The third kappa shape index (κ3) is 5.97. The summed E-state index contributed by atoms with van der Waals surface area (Å²) >= 11 is 0. The van der Waals surface area contributed by atoms with E-state index in [1.54, 1.807) is 12.4 Å². The molecule has 0 spiro atoms. The Morgan fingerprint density at radius 1 is 1.16 bits per heavy atom. The number of nitrogens with two attached hydrogens (primary N) is 1. The van der Waals surface area contributed by atoms with E-state index in [9.17, 15) is 24.3 Å². The number of hydrogen-bond acceptors (Lipinski definition) is 6. The standard InChI is InChI=1S/C25H31N7O5/c1-14(24(35)32-8-4-7-21(32)25(36)37)30-23(34)20(9-15-11-28-19-6-3-2-5-17(15)19)31-22(33)18(26)10-16-12-27-13-29-16/h2-3,5-6,11-14,18,20-21,28H,4,7-10,26H2,1H3,(H,27,29)(H,30,34)(H,31,33)(H,36,37). The Hall–Kier alpha value is -4.19. The molecular formula is C25H31N7O5. The molecule has 0 radical (unpaired) electrons. The van der Waals surface area contributed by atoms with Gasteiger partial charge in [-0.05, 0) is 31.4 Å². The number of rotatable bonds is 10. The predicted molar refractivity (Wildman–Crippen MR) is 134 cm³/mol. The van der Waals surface area contributed by atoms with Crippen molar-refractivity contribution in [1.29, 1.82) is 0 Å². The van der Waals surface area contributed by atoms with Gasteiger partial charge in [0.05, 0.1) is 12.4 Å². The van der Waals surface area contributed by atoms with Gasteiger partial charge in [-0.3, -0.25) is 14.4 Å². The Kier molecular flexibility index (Phi) is 7.87. The highest BCUT2D eigenvalue weighted by atomic mass is 16.4. The summed E-state index contributed by atoms with van der Waals surface area (Å²) in [6.07, 6.45) is 6.14. The van der Waals surface area contributed by atoms with E-state index in [0.29, 0.717) is 25.1 Å². The smallest absolute Gasteiger partial charge is 0.326 e. The van der Waals surface area contributed by atoms with E-state index in [1.807, 2.05) is 24.3 Å². The highest BCUT2D eigenvalue weighted by molar-refractivity contribution is 5.95. The summed E-state index contributed by atoms with van der Waals surface area (Å²) in [6, 6.07) is 3.74. The molecule has 12 nitrogen and oxygen atoms in total. The number of aromatic amines is 2. The number of carbonyl (C=O) groups excluding carboxylic acids is 3. The van der Waals surface area contributed by atoms with Crippen LogP contribution in [-0.2, 0) is 32.0 Å². The van der Waals surface area contributed by atoms with Crippen molar-refractivity contribution in [1.82, 2.24) is 30.5 Å². The summed E-state index contributed by atoms with van der Waals surface area (Å²) in [6.45, 7) is 1.82. The van der Waals surface area contributed by atoms with Gasteiger partial charge in [0.1, 0.15) is 18.1 Å². The molecule has 3 aromatic rings. The van der Waals surface area contributed by atoms with E-state index in [2.05, 4.69) is 25.6 Å². The van der Waals surface area contributed by atoms with Crippen molar-refractivity contribution < 1.29 is 24.3 Å². The molecule has 7 N–H and O–H groups in total. The number of fused-ring (bicyclic) bond motifs is 1. The Morgan fingerprint density at radius 2 is 1.95 bits per heavy atom. The zero-order valence-corrected chi connectivity index (χ0v) is 20.4. The van der Waals surface area contributed by atoms with Gasteiger partial charge in [-0.1, -0.05) is 18.2 Å². The fourth-order valence-electron chi connectivity index (χ4n) is 4.65. The van der Waals surface area contributed by atoms with Crippen molar-refractivity contribution in [2.75, 3.05) is 6.54 Å². The summed E-state index contributed by atoms with van der Waals surface area (Å²) in [5, 5.41) is 15.7. The number of aromatic nitrogens is 3. The fourth-order valence-corrected chi connectivity index (χ4v) is 4.65. The van der Waals surface area contributed by atoms with Crippen LogP contribution < -0.4 is 16.4 Å². The van der Waals surface area contributed by atoms with Crippen LogP contribution in [0.3, 0.4) is 0 Å². The average molecular weight is 510 g/mol. The monoisotopic (exact) mass is 509 g/mol. The van der Waals surface area contributed by atoms with Crippen LogP contribution in [0.2, 0.25) is 0 Å². The normalized spacial score (nSPS) is 17.8. The summed E-state index contributed by atoms with van der Waals surface area (Å²) in [4.78, 5) is 62.0. The third-order valence-corrected chi connectivity index (χ3v) is 6.61. The molecule has 4 atom stereocenters. The largest absolute Gasteiger partial charge is 0.480 e. The maximum atomic E-state index is 13.3. The number of aliphatic carboxylic acids is 1. The lowest BCUT2D eigenvalue weighted by Gasteiger charge is -2.27. The highest BCUT2D eigenvalue weighted by Crippen LogP contribution is 2.20. The molecule has 4 rings (SSSR count). The number of para-hydroxylation sites is 1. The van der Waals surface area contributed by atoms with E-state index in [-0.39, 0.29) is 12.8 Å². The molecular weight excluding hydrogens is 478 g/mol. The van der Waals surface area contributed by atoms with Crippen LogP contribution in [0, 0.1) is 0 Å². The van der Waals surface area contributed by atoms with Crippen LogP contribution in [0.15, 0.2) is 43.0 Å². The summed E-state index contributed by atoms with van der Waals surface area (Å²) < 4.78 is 0. The van der Waals surface area contributed by atoms with E-state index in [4.69, 9.17) is 5.73 Å². The second-order valence-electron chi connectivity index (χ2n) is 9.27. The molecule has 2 aromatic heterocycles. The molecule has 12 heteroatoms. The number of benzene rings is 1. The molecule has 1 saturated heterocycles. The molecule has 0 saturated carbocycles. The number of likely N-dealkylation sites (tertiary alicyclic amines) is 1. The molecule has 3 amide bonds. The number of amides is 3. The second-order valence-corrected chi connectivity index (χ2v) is 9.27. The van der Waals surface area contributed by atoms with Crippen molar-refractivity contribution in [3.63, 3.8) is 0 Å². The van der Waals surface area contributed by atoms with Gasteiger partial charge in [0.15, 0.2) is 0 Å². The zero-order valence-electron chi connectivity index (χ0n) is 20.4. The number of H-pyrrole nitrogens is 2. The van der Waals surface area contributed by atoms with Gasteiger partial charge in [0, 0.05) is 48.4 Å². The predicted octanol–water partition coefficient (Wildman–Crippen LogP) is 0.0686. The minimum Gasteiger partial charge on any atom is -0.480 e. The van der Waals surface area contributed by atoms with Crippen LogP contribution in [-0.4, -0.2) is 79.4 Å². The molecule has 1 aliphatic heterocycles. The van der Waals surface area contributed by atoms with Gasteiger partial charge in [-0.2, -0.15) is 0 Å². The molecule has 4 unspecified atom stereocenters. The van der Waals surface area contributed by atoms with Crippen LogP contribution in [0.4, 0.5) is 0 Å². The first-order chi connectivity index (χ1) is 17.7. The van der Waals surface area contributed by atoms with Crippen LogP contribution in [0.25, 0.3) is 10.9 Å². The van der Waals surface area contributed by atoms with Crippen molar-refractivity contribution >= 4 is 34.6 Å². The van der Waals surface area contributed by atoms with E-state index in [0.717, 1.165) is 16.5 Å². The topological polar surface area (TPSA) is 186 Å². The van der Waals surface area contributed by atoms with Crippen molar-refractivity contribution in [3.05, 3.63) is 54.2 Å². The highest BCUT2D eigenvalue weighted by Gasteiger charge is 2.37. The first-order valence-corrected chi connectivity index (χ1v) is 12.2. The molecule has 196 valence electrons. The third-order valence-electron chi connectivity index (χ3n) is 6.61. The first-order valence-electron chi connectivity index (χ1n) is 12.2. The molecule has 3 heterocycles. The van der Waals surface area contributed by atoms with Crippen molar-refractivity contribution in [3.8, 4) is 0 Å². The lowest BCUT2D eigenvalue weighted by atomic mass is 10.0. The summed E-state index contributed by atoms with van der Waals surface area (Å²) in [5.41, 5.74) is 8.45. The molecule has 1 fully saturated rings. The number of imidazole rings is 1. The first kappa shape index (κ1) is 25.9. The van der Waals surface area contributed by atoms with Gasteiger partial charge in [-0.25, -0.2) is 9.78 Å². The Bertz CT molecular complexity index is 1270. The Balaban J connectivity index is 1.49. The van der Waals surface area contributed by atoms with Gasteiger partial charge in [-0.15, -0.1) is 0 Å². The lowest BCUT2D eigenvalue weighted by Crippen LogP contribution is -2.57. The number of carboxylic acids is 1. The quantitative estimate of drug-likeness (QED) is 0.223. The number of nitrogens with zero attached hydrogens (tertiary/aromatic N) is 2. The molecule has 37 heavy (non-hydrogen) atoms. The number of carboxylic acid groups (broad SMARTS) is 1. The van der Waals surface area contributed by atoms with Crippen molar-refractivity contribution in [2.24, 2.45) is 5.73 Å². The molecule has 0 aliphatic carbocycles. The number of nitrogens with one attached hydrogen (secondary N) is 4. The van der Waals surface area contributed by atoms with Crippen LogP contribution in [0.1, 0.15) is 31.0 Å².